The minimum absolute atomic E-state index is 0. The summed E-state index contributed by atoms with van der Waals surface area (Å²) in [4.78, 5) is 16.5. The average molecular weight is 504 g/mol. The molecule has 2 N–H and O–H groups in total. The van der Waals surface area contributed by atoms with Crippen LogP contribution in [-0.4, -0.2) is 41.6 Å². The summed E-state index contributed by atoms with van der Waals surface area (Å²) in [6.45, 7) is 8.96. The zero-order valence-corrected chi connectivity index (χ0v) is 19.0. The predicted octanol–water partition coefficient (Wildman–Crippen LogP) is 3.25. The summed E-state index contributed by atoms with van der Waals surface area (Å²) in [6.07, 6.45) is 2.54. The zero-order chi connectivity index (χ0) is 18.5. The first kappa shape index (κ1) is 21.8. The van der Waals surface area contributed by atoms with Gasteiger partial charge in [-0.2, -0.15) is 0 Å². The average Bonchev–Trinajstić information content (AvgIpc) is 3.19. The van der Waals surface area contributed by atoms with E-state index in [1.807, 2.05) is 25.7 Å². The fraction of sp³-hybridized carbons (Fsp3) is 0.500. The Labute approximate surface area is 180 Å². The van der Waals surface area contributed by atoms with Crippen LogP contribution in [0.25, 0.3) is 0 Å². The molecular formula is C18H26FIN6S. The molecule has 0 saturated carbocycles. The van der Waals surface area contributed by atoms with E-state index in [-0.39, 0.29) is 35.8 Å². The molecule has 0 spiro atoms. The summed E-state index contributed by atoms with van der Waals surface area (Å²) < 4.78 is 13.9. The smallest absolute Gasteiger partial charge is 0.191 e. The number of pyridine rings is 1. The van der Waals surface area contributed by atoms with Gasteiger partial charge < -0.3 is 15.5 Å². The number of aryl methyl sites for hydroxylation is 2. The summed E-state index contributed by atoms with van der Waals surface area (Å²) in [5.41, 5.74) is 1.05. The van der Waals surface area contributed by atoms with Gasteiger partial charge in [0.05, 0.1) is 17.2 Å². The molecule has 9 heteroatoms. The summed E-state index contributed by atoms with van der Waals surface area (Å²) >= 11 is 1.68. The topological polar surface area (TPSA) is 65.4 Å². The lowest BCUT2D eigenvalue weighted by atomic mass is 10.3. The van der Waals surface area contributed by atoms with Crippen molar-refractivity contribution >= 4 is 47.1 Å². The molecule has 0 aliphatic carbocycles. The second-order valence-corrected chi connectivity index (χ2v) is 7.61. The van der Waals surface area contributed by atoms with Gasteiger partial charge in [0.15, 0.2) is 17.6 Å². The van der Waals surface area contributed by atoms with Crippen LogP contribution >= 0.6 is 35.3 Å². The molecule has 1 fully saturated rings. The van der Waals surface area contributed by atoms with Crippen LogP contribution in [0, 0.1) is 19.7 Å². The number of aromatic nitrogens is 2. The van der Waals surface area contributed by atoms with E-state index in [9.17, 15) is 4.39 Å². The number of nitrogens with one attached hydrogen (secondary N) is 2. The number of aliphatic imine (C=N–C) groups is 1. The number of thiazole rings is 1. The maximum absolute atomic E-state index is 13.9. The Kier molecular flexibility index (Phi) is 8.21. The summed E-state index contributed by atoms with van der Waals surface area (Å²) in [5, 5.41) is 7.82. The van der Waals surface area contributed by atoms with Crippen LogP contribution in [0.3, 0.4) is 0 Å². The SMILES string of the molecule is CCNC(=NCc1sc(C)nc1C)NC1CCN(c2ncccc2F)C1.I. The van der Waals surface area contributed by atoms with Gasteiger partial charge in [0.1, 0.15) is 0 Å². The van der Waals surface area contributed by atoms with E-state index in [4.69, 9.17) is 4.99 Å². The lowest BCUT2D eigenvalue weighted by Gasteiger charge is -2.19. The first-order valence-electron chi connectivity index (χ1n) is 8.90. The fourth-order valence-electron chi connectivity index (χ4n) is 3.06. The molecule has 1 aliphatic rings. The summed E-state index contributed by atoms with van der Waals surface area (Å²) in [5.74, 6) is 0.936. The van der Waals surface area contributed by atoms with Crippen LogP contribution in [0.1, 0.15) is 28.9 Å². The van der Waals surface area contributed by atoms with Crippen molar-refractivity contribution in [2.45, 2.75) is 39.8 Å². The number of hydrogen-bond acceptors (Lipinski definition) is 5. The lowest BCUT2D eigenvalue weighted by Crippen LogP contribution is -2.44. The van der Waals surface area contributed by atoms with E-state index >= 15 is 0 Å². The first-order chi connectivity index (χ1) is 12.6. The van der Waals surface area contributed by atoms with Crippen molar-refractivity contribution in [1.82, 2.24) is 20.6 Å². The Balaban J connectivity index is 0.00000261. The third-order valence-electron chi connectivity index (χ3n) is 4.29. The lowest BCUT2D eigenvalue weighted by molar-refractivity contribution is 0.612. The van der Waals surface area contributed by atoms with Gasteiger partial charge in [-0.15, -0.1) is 35.3 Å². The molecule has 6 nitrogen and oxygen atoms in total. The molecule has 0 aromatic carbocycles. The van der Waals surface area contributed by atoms with Crippen molar-refractivity contribution in [3.8, 4) is 0 Å². The van der Waals surface area contributed by atoms with Gasteiger partial charge in [0.25, 0.3) is 0 Å². The summed E-state index contributed by atoms with van der Waals surface area (Å²) in [6, 6.07) is 3.27. The van der Waals surface area contributed by atoms with Gasteiger partial charge in [-0.05, 0) is 39.3 Å². The van der Waals surface area contributed by atoms with E-state index in [2.05, 4.69) is 20.6 Å². The normalized spacial score (nSPS) is 17.0. The molecule has 0 amide bonds. The van der Waals surface area contributed by atoms with Gasteiger partial charge in [-0.1, -0.05) is 0 Å². The standard InChI is InChI=1S/C18H25FN6S.HI/c1-4-20-18(22-10-16-12(2)23-13(3)26-16)24-14-7-9-25(11-14)17-15(19)6-5-8-21-17;/h5-6,8,14H,4,7,9-11H2,1-3H3,(H2,20,22,24);1H. The first-order valence-corrected chi connectivity index (χ1v) is 9.71. The van der Waals surface area contributed by atoms with Gasteiger partial charge in [-0.3, -0.25) is 0 Å². The zero-order valence-electron chi connectivity index (χ0n) is 15.8. The van der Waals surface area contributed by atoms with Crippen molar-refractivity contribution in [3.63, 3.8) is 0 Å². The molecule has 1 atom stereocenters. The largest absolute Gasteiger partial charge is 0.357 e. The molecule has 3 heterocycles. The number of nitrogens with zero attached hydrogens (tertiary/aromatic N) is 4. The van der Waals surface area contributed by atoms with Crippen LogP contribution in [0.4, 0.5) is 10.2 Å². The van der Waals surface area contributed by atoms with Crippen LogP contribution in [-0.2, 0) is 6.54 Å². The highest BCUT2D eigenvalue weighted by Crippen LogP contribution is 2.21. The van der Waals surface area contributed by atoms with Crippen LogP contribution < -0.4 is 15.5 Å². The quantitative estimate of drug-likeness (QED) is 0.372. The van der Waals surface area contributed by atoms with Gasteiger partial charge in [0.2, 0.25) is 0 Å². The van der Waals surface area contributed by atoms with E-state index in [1.165, 1.54) is 10.9 Å². The van der Waals surface area contributed by atoms with Gasteiger partial charge in [0, 0.05) is 36.8 Å². The van der Waals surface area contributed by atoms with Gasteiger partial charge >= 0.3 is 0 Å². The van der Waals surface area contributed by atoms with E-state index in [1.54, 1.807) is 23.6 Å². The Morgan fingerprint density at radius 2 is 2.26 bits per heavy atom. The van der Waals surface area contributed by atoms with Crippen LogP contribution in [0.5, 0.6) is 0 Å². The van der Waals surface area contributed by atoms with Gasteiger partial charge in [-0.25, -0.2) is 19.4 Å². The van der Waals surface area contributed by atoms with Crippen molar-refractivity contribution < 1.29 is 4.39 Å². The second kappa shape index (κ2) is 10.2. The molecule has 0 radical (unpaired) electrons. The van der Waals surface area contributed by atoms with Crippen molar-refractivity contribution in [2.75, 3.05) is 24.5 Å². The number of anilines is 1. The third-order valence-corrected chi connectivity index (χ3v) is 5.35. The third kappa shape index (κ3) is 5.74. The highest BCUT2D eigenvalue weighted by Gasteiger charge is 2.25. The molecule has 0 bridgehead atoms. The molecular weight excluding hydrogens is 478 g/mol. The Hall–Kier alpha value is -1.49. The molecule has 2 aromatic rings. The fourth-order valence-corrected chi connectivity index (χ4v) is 3.93. The molecule has 1 saturated heterocycles. The molecule has 148 valence electrons. The molecule has 27 heavy (non-hydrogen) atoms. The Bertz CT molecular complexity index is 781. The number of halogens is 2. The number of guanidine groups is 1. The second-order valence-electron chi connectivity index (χ2n) is 6.32. The maximum Gasteiger partial charge on any atom is 0.191 e. The van der Waals surface area contributed by atoms with E-state index in [0.29, 0.717) is 18.9 Å². The monoisotopic (exact) mass is 504 g/mol. The summed E-state index contributed by atoms with van der Waals surface area (Å²) in [7, 11) is 0. The highest BCUT2D eigenvalue weighted by molar-refractivity contribution is 14.0. The van der Waals surface area contributed by atoms with Crippen LogP contribution in [0.2, 0.25) is 0 Å². The molecule has 2 aromatic heterocycles. The molecule has 1 unspecified atom stereocenters. The van der Waals surface area contributed by atoms with Crippen LogP contribution in [0.15, 0.2) is 23.3 Å². The maximum atomic E-state index is 13.9. The number of hydrogen-bond donors (Lipinski definition) is 2. The molecule has 1 aliphatic heterocycles. The highest BCUT2D eigenvalue weighted by atomic mass is 127. The predicted molar refractivity (Wildman–Crippen MR) is 120 cm³/mol. The van der Waals surface area contributed by atoms with Crippen molar-refractivity contribution in [3.05, 3.63) is 39.7 Å². The van der Waals surface area contributed by atoms with Crippen molar-refractivity contribution in [1.29, 1.82) is 0 Å². The van der Waals surface area contributed by atoms with E-state index in [0.717, 1.165) is 36.2 Å². The van der Waals surface area contributed by atoms with Crippen molar-refractivity contribution in [2.24, 2.45) is 4.99 Å². The van der Waals surface area contributed by atoms with E-state index < -0.39 is 0 Å². The number of rotatable bonds is 5. The minimum Gasteiger partial charge on any atom is -0.357 e. The molecule has 3 rings (SSSR count). The Morgan fingerprint density at radius 1 is 1.44 bits per heavy atom. The Morgan fingerprint density at radius 3 is 2.93 bits per heavy atom. The minimum atomic E-state index is -0.273.